The molecule has 0 aromatic carbocycles. The van der Waals surface area contributed by atoms with Crippen LogP contribution in [0.2, 0.25) is 0 Å². The standard InChI is InChI=1S/C16H19N5O/c22-12-2-1-7-21(10-12)16-19-8-13(14-9-17-5-6-18-14)15(20-16)11-3-4-11/h5-6,8-9,11-12,22H,1-4,7,10H2. The third-order valence-corrected chi connectivity index (χ3v) is 4.29. The highest BCUT2D eigenvalue weighted by molar-refractivity contribution is 5.62. The fourth-order valence-corrected chi connectivity index (χ4v) is 2.98. The summed E-state index contributed by atoms with van der Waals surface area (Å²) in [7, 11) is 0. The monoisotopic (exact) mass is 297 g/mol. The molecule has 114 valence electrons. The lowest BCUT2D eigenvalue weighted by molar-refractivity contribution is 0.153. The van der Waals surface area contributed by atoms with Gasteiger partial charge in [-0.2, -0.15) is 0 Å². The van der Waals surface area contributed by atoms with E-state index in [0.29, 0.717) is 12.5 Å². The molecule has 1 unspecified atom stereocenters. The molecule has 4 rings (SSSR count). The first-order valence-electron chi connectivity index (χ1n) is 7.87. The predicted molar refractivity (Wildman–Crippen MR) is 82.5 cm³/mol. The molecule has 6 heteroatoms. The van der Waals surface area contributed by atoms with Crippen molar-refractivity contribution in [3.05, 3.63) is 30.5 Å². The van der Waals surface area contributed by atoms with Crippen molar-refractivity contribution in [3.8, 4) is 11.3 Å². The number of hydrogen-bond donors (Lipinski definition) is 1. The number of rotatable bonds is 3. The summed E-state index contributed by atoms with van der Waals surface area (Å²) in [5.74, 6) is 1.24. The van der Waals surface area contributed by atoms with Crippen LogP contribution >= 0.6 is 0 Å². The molecule has 0 spiro atoms. The van der Waals surface area contributed by atoms with Crippen LogP contribution in [0.15, 0.2) is 24.8 Å². The molecule has 2 aliphatic rings. The van der Waals surface area contributed by atoms with E-state index in [-0.39, 0.29) is 6.10 Å². The number of anilines is 1. The highest BCUT2D eigenvalue weighted by Gasteiger charge is 2.30. The highest BCUT2D eigenvalue weighted by atomic mass is 16.3. The topological polar surface area (TPSA) is 75.0 Å². The van der Waals surface area contributed by atoms with Gasteiger partial charge in [0, 0.05) is 43.2 Å². The van der Waals surface area contributed by atoms with E-state index in [1.54, 1.807) is 18.6 Å². The third kappa shape index (κ3) is 2.66. The normalized spacial score (nSPS) is 21.9. The van der Waals surface area contributed by atoms with E-state index < -0.39 is 0 Å². The Bertz CT molecular complexity index is 659. The van der Waals surface area contributed by atoms with Crippen molar-refractivity contribution >= 4 is 5.95 Å². The molecular weight excluding hydrogens is 278 g/mol. The minimum Gasteiger partial charge on any atom is -0.391 e. The van der Waals surface area contributed by atoms with Gasteiger partial charge in [-0.3, -0.25) is 9.97 Å². The molecule has 1 saturated carbocycles. The van der Waals surface area contributed by atoms with Crippen LogP contribution in [0.5, 0.6) is 0 Å². The summed E-state index contributed by atoms with van der Waals surface area (Å²) in [5, 5.41) is 9.85. The zero-order chi connectivity index (χ0) is 14.9. The van der Waals surface area contributed by atoms with Gasteiger partial charge < -0.3 is 10.0 Å². The van der Waals surface area contributed by atoms with Gasteiger partial charge in [0.05, 0.1) is 23.7 Å². The molecule has 0 bridgehead atoms. The fraction of sp³-hybridized carbons (Fsp3) is 0.500. The number of piperidine rings is 1. The lowest BCUT2D eigenvalue weighted by Gasteiger charge is -2.30. The lowest BCUT2D eigenvalue weighted by Crippen LogP contribution is -2.39. The summed E-state index contributed by atoms with van der Waals surface area (Å²) < 4.78 is 0. The minimum absolute atomic E-state index is 0.276. The summed E-state index contributed by atoms with van der Waals surface area (Å²) in [4.78, 5) is 19.9. The van der Waals surface area contributed by atoms with Gasteiger partial charge in [-0.05, 0) is 25.7 Å². The summed E-state index contributed by atoms with van der Waals surface area (Å²) in [6.07, 6.45) is 10.9. The second kappa shape index (κ2) is 5.61. The molecule has 1 aliphatic carbocycles. The van der Waals surface area contributed by atoms with Crippen molar-refractivity contribution in [1.82, 2.24) is 19.9 Å². The van der Waals surface area contributed by atoms with Crippen LogP contribution in [0.25, 0.3) is 11.3 Å². The second-order valence-corrected chi connectivity index (χ2v) is 6.08. The smallest absolute Gasteiger partial charge is 0.225 e. The summed E-state index contributed by atoms with van der Waals surface area (Å²) in [5.41, 5.74) is 2.89. The van der Waals surface area contributed by atoms with Crippen LogP contribution in [-0.2, 0) is 0 Å². The Morgan fingerprint density at radius 2 is 2.00 bits per heavy atom. The van der Waals surface area contributed by atoms with Gasteiger partial charge in [0.25, 0.3) is 0 Å². The van der Waals surface area contributed by atoms with Gasteiger partial charge in [-0.25, -0.2) is 9.97 Å². The van der Waals surface area contributed by atoms with Gasteiger partial charge in [-0.15, -0.1) is 0 Å². The van der Waals surface area contributed by atoms with E-state index in [4.69, 9.17) is 4.98 Å². The maximum Gasteiger partial charge on any atom is 0.225 e. The van der Waals surface area contributed by atoms with E-state index >= 15 is 0 Å². The first-order valence-corrected chi connectivity index (χ1v) is 7.87. The molecular formula is C16H19N5O. The van der Waals surface area contributed by atoms with Crippen LogP contribution in [0.3, 0.4) is 0 Å². The van der Waals surface area contributed by atoms with E-state index in [9.17, 15) is 5.11 Å². The Hall–Kier alpha value is -2.08. The molecule has 0 amide bonds. The Balaban J connectivity index is 1.70. The van der Waals surface area contributed by atoms with Crippen molar-refractivity contribution in [1.29, 1.82) is 0 Å². The molecule has 1 saturated heterocycles. The van der Waals surface area contributed by atoms with Gasteiger partial charge in [0.1, 0.15) is 0 Å². The zero-order valence-corrected chi connectivity index (χ0v) is 12.4. The maximum absolute atomic E-state index is 9.85. The fourth-order valence-electron chi connectivity index (χ4n) is 2.98. The molecule has 6 nitrogen and oxygen atoms in total. The van der Waals surface area contributed by atoms with Crippen molar-refractivity contribution in [3.63, 3.8) is 0 Å². The maximum atomic E-state index is 9.85. The van der Waals surface area contributed by atoms with Crippen molar-refractivity contribution in [2.24, 2.45) is 0 Å². The first-order chi connectivity index (χ1) is 10.8. The Kier molecular flexibility index (Phi) is 3.46. The Morgan fingerprint density at radius 3 is 2.73 bits per heavy atom. The number of aliphatic hydroxyl groups is 1. The minimum atomic E-state index is -0.276. The van der Waals surface area contributed by atoms with E-state index in [1.165, 1.54) is 12.8 Å². The van der Waals surface area contributed by atoms with Crippen molar-refractivity contribution in [2.45, 2.75) is 37.7 Å². The highest BCUT2D eigenvalue weighted by Crippen LogP contribution is 2.43. The van der Waals surface area contributed by atoms with Gasteiger partial charge in [0.15, 0.2) is 0 Å². The van der Waals surface area contributed by atoms with Gasteiger partial charge >= 0.3 is 0 Å². The van der Waals surface area contributed by atoms with Crippen LogP contribution in [-0.4, -0.2) is 44.2 Å². The van der Waals surface area contributed by atoms with Gasteiger partial charge in [0.2, 0.25) is 5.95 Å². The molecule has 1 aliphatic heterocycles. The van der Waals surface area contributed by atoms with E-state index in [0.717, 1.165) is 42.3 Å². The number of aromatic nitrogens is 4. The molecule has 1 N–H and O–H groups in total. The summed E-state index contributed by atoms with van der Waals surface area (Å²) in [6, 6.07) is 0. The van der Waals surface area contributed by atoms with E-state index in [2.05, 4.69) is 19.9 Å². The Labute approximate surface area is 129 Å². The second-order valence-electron chi connectivity index (χ2n) is 6.08. The zero-order valence-electron chi connectivity index (χ0n) is 12.4. The largest absolute Gasteiger partial charge is 0.391 e. The Morgan fingerprint density at radius 1 is 1.09 bits per heavy atom. The molecule has 1 atom stereocenters. The first kappa shape index (κ1) is 13.6. The summed E-state index contributed by atoms with van der Waals surface area (Å²) in [6.45, 7) is 1.53. The average Bonchev–Trinajstić information content (AvgIpc) is 3.40. The molecule has 2 aromatic heterocycles. The molecule has 2 aromatic rings. The quantitative estimate of drug-likeness (QED) is 0.930. The average molecular weight is 297 g/mol. The van der Waals surface area contributed by atoms with Crippen molar-refractivity contribution in [2.75, 3.05) is 18.0 Å². The van der Waals surface area contributed by atoms with Crippen LogP contribution in [0, 0.1) is 0 Å². The molecule has 0 radical (unpaired) electrons. The number of hydrogen-bond acceptors (Lipinski definition) is 6. The number of nitrogens with zero attached hydrogens (tertiary/aromatic N) is 5. The SMILES string of the molecule is OC1CCCN(c2ncc(-c3cnccn3)c(C3CC3)n2)C1. The third-order valence-electron chi connectivity index (χ3n) is 4.29. The van der Waals surface area contributed by atoms with Crippen LogP contribution in [0.1, 0.15) is 37.3 Å². The van der Waals surface area contributed by atoms with Gasteiger partial charge in [-0.1, -0.05) is 0 Å². The number of β-amino-alcohol motifs (C(OH)–C–C–N with tert-alkyl or cyclic N) is 1. The molecule has 22 heavy (non-hydrogen) atoms. The lowest BCUT2D eigenvalue weighted by atomic mass is 10.1. The molecule has 3 heterocycles. The van der Waals surface area contributed by atoms with Crippen LogP contribution in [0.4, 0.5) is 5.95 Å². The van der Waals surface area contributed by atoms with Crippen LogP contribution < -0.4 is 4.90 Å². The predicted octanol–water partition coefficient (Wildman–Crippen LogP) is 1.77. The number of aliphatic hydroxyl groups excluding tert-OH is 1. The molecule has 2 fully saturated rings. The van der Waals surface area contributed by atoms with E-state index in [1.807, 2.05) is 6.20 Å². The van der Waals surface area contributed by atoms with Crippen molar-refractivity contribution < 1.29 is 5.11 Å². The summed E-state index contributed by atoms with van der Waals surface area (Å²) >= 11 is 0.